The maximum Gasteiger partial charge on any atom is 0.389 e. The molecule has 0 aliphatic carbocycles. The molecule has 0 saturated carbocycles. The number of hydrogen-bond acceptors (Lipinski definition) is 4. The van der Waals surface area contributed by atoms with Crippen LogP contribution in [0.1, 0.15) is 23.2 Å². The van der Waals surface area contributed by atoms with Gasteiger partial charge in [-0.1, -0.05) is 6.07 Å². The molecule has 110 valence electrons. The number of aromatic carboxylic acids is 1. The van der Waals surface area contributed by atoms with E-state index in [1.807, 2.05) is 0 Å². The van der Waals surface area contributed by atoms with Gasteiger partial charge in [-0.3, -0.25) is 10.1 Å². The van der Waals surface area contributed by atoms with Crippen LogP contribution < -0.4 is 4.74 Å². The Morgan fingerprint density at radius 1 is 1.40 bits per heavy atom. The summed E-state index contributed by atoms with van der Waals surface area (Å²) in [6.45, 7) is -0.468. The zero-order valence-electron chi connectivity index (χ0n) is 10.0. The van der Waals surface area contributed by atoms with Crippen LogP contribution in [0.25, 0.3) is 0 Å². The van der Waals surface area contributed by atoms with Gasteiger partial charge in [0, 0.05) is 12.5 Å². The fraction of sp³-hybridized carbons (Fsp3) is 0.364. The van der Waals surface area contributed by atoms with Gasteiger partial charge in [0.15, 0.2) is 0 Å². The van der Waals surface area contributed by atoms with E-state index in [0.29, 0.717) is 0 Å². The average molecular weight is 293 g/mol. The number of rotatable bonds is 6. The van der Waals surface area contributed by atoms with Crippen molar-refractivity contribution in [3.05, 3.63) is 33.9 Å². The molecule has 0 atom stereocenters. The molecule has 0 fully saturated rings. The van der Waals surface area contributed by atoms with Gasteiger partial charge in [-0.05, 0) is 12.5 Å². The minimum Gasteiger partial charge on any atom is -0.486 e. The van der Waals surface area contributed by atoms with E-state index in [2.05, 4.69) is 0 Å². The van der Waals surface area contributed by atoms with Crippen molar-refractivity contribution in [1.82, 2.24) is 0 Å². The molecule has 1 N–H and O–H groups in total. The van der Waals surface area contributed by atoms with Crippen LogP contribution in [0.5, 0.6) is 5.75 Å². The Kier molecular flexibility index (Phi) is 4.89. The molecule has 9 heteroatoms. The molecular formula is C11H10F3NO5. The van der Waals surface area contributed by atoms with Crippen molar-refractivity contribution in [3.63, 3.8) is 0 Å². The van der Waals surface area contributed by atoms with Gasteiger partial charge in [-0.15, -0.1) is 0 Å². The van der Waals surface area contributed by atoms with Crippen LogP contribution in [0.15, 0.2) is 18.2 Å². The first-order valence-corrected chi connectivity index (χ1v) is 5.42. The Balaban J connectivity index is 2.86. The number of alkyl halides is 3. The van der Waals surface area contributed by atoms with Crippen LogP contribution in [0.2, 0.25) is 0 Å². The van der Waals surface area contributed by atoms with Crippen molar-refractivity contribution in [3.8, 4) is 5.75 Å². The highest BCUT2D eigenvalue weighted by atomic mass is 19.4. The molecule has 0 saturated heterocycles. The number of benzene rings is 1. The van der Waals surface area contributed by atoms with Crippen LogP contribution >= 0.6 is 0 Å². The number of nitro benzene ring substituents is 1. The van der Waals surface area contributed by atoms with Gasteiger partial charge in [0.2, 0.25) is 5.75 Å². The number of hydrogen-bond donors (Lipinski definition) is 1. The molecule has 0 heterocycles. The summed E-state index contributed by atoms with van der Waals surface area (Å²) in [7, 11) is 0. The highest BCUT2D eigenvalue weighted by molar-refractivity contribution is 5.92. The molecule has 1 rings (SSSR count). The fourth-order valence-corrected chi connectivity index (χ4v) is 1.44. The second-order valence-electron chi connectivity index (χ2n) is 3.78. The minimum atomic E-state index is -4.36. The van der Waals surface area contributed by atoms with Crippen LogP contribution in [-0.2, 0) is 0 Å². The van der Waals surface area contributed by atoms with Gasteiger partial charge in [0.05, 0.1) is 11.5 Å². The summed E-state index contributed by atoms with van der Waals surface area (Å²) in [6, 6.07) is 3.25. The Hall–Kier alpha value is -2.32. The largest absolute Gasteiger partial charge is 0.486 e. The highest BCUT2D eigenvalue weighted by Crippen LogP contribution is 2.31. The smallest absolute Gasteiger partial charge is 0.389 e. The van der Waals surface area contributed by atoms with Crippen molar-refractivity contribution >= 4 is 11.7 Å². The second-order valence-corrected chi connectivity index (χ2v) is 3.78. The van der Waals surface area contributed by atoms with E-state index in [9.17, 15) is 28.1 Å². The molecule has 0 bridgehead atoms. The lowest BCUT2D eigenvalue weighted by Crippen LogP contribution is -2.11. The molecule has 20 heavy (non-hydrogen) atoms. The number of carbonyl (C=O) groups is 1. The van der Waals surface area contributed by atoms with Crippen LogP contribution in [0.3, 0.4) is 0 Å². The van der Waals surface area contributed by atoms with Gasteiger partial charge in [-0.2, -0.15) is 13.2 Å². The first-order valence-electron chi connectivity index (χ1n) is 5.42. The van der Waals surface area contributed by atoms with E-state index in [1.54, 1.807) is 0 Å². The SMILES string of the molecule is O=C(O)c1cccc([N+](=O)[O-])c1OCCCC(F)(F)F. The number of carboxylic acid groups (broad SMARTS) is 1. The molecule has 0 amide bonds. The zero-order valence-corrected chi connectivity index (χ0v) is 10.0. The maximum absolute atomic E-state index is 11.9. The fourth-order valence-electron chi connectivity index (χ4n) is 1.44. The number of nitrogens with zero attached hydrogens (tertiary/aromatic N) is 1. The predicted molar refractivity (Wildman–Crippen MR) is 60.8 cm³/mol. The molecule has 1 aromatic carbocycles. The van der Waals surface area contributed by atoms with E-state index in [1.165, 1.54) is 0 Å². The lowest BCUT2D eigenvalue weighted by Gasteiger charge is -2.10. The molecule has 0 aliphatic heterocycles. The van der Waals surface area contributed by atoms with Gasteiger partial charge < -0.3 is 9.84 Å². The van der Waals surface area contributed by atoms with E-state index in [4.69, 9.17) is 9.84 Å². The second kappa shape index (κ2) is 6.22. The molecule has 0 unspecified atom stereocenters. The van der Waals surface area contributed by atoms with Crippen LogP contribution in [-0.4, -0.2) is 28.8 Å². The molecule has 0 spiro atoms. The molecule has 0 radical (unpaired) electrons. The van der Waals surface area contributed by atoms with E-state index < -0.39 is 53.5 Å². The Morgan fingerprint density at radius 3 is 2.55 bits per heavy atom. The van der Waals surface area contributed by atoms with E-state index in [0.717, 1.165) is 18.2 Å². The van der Waals surface area contributed by atoms with Crippen LogP contribution in [0.4, 0.5) is 18.9 Å². The lowest BCUT2D eigenvalue weighted by atomic mass is 10.1. The summed E-state index contributed by atoms with van der Waals surface area (Å²) in [4.78, 5) is 20.8. The summed E-state index contributed by atoms with van der Waals surface area (Å²) in [6.07, 6.45) is -5.90. The first kappa shape index (κ1) is 15.7. The van der Waals surface area contributed by atoms with Crippen molar-refractivity contribution in [1.29, 1.82) is 0 Å². The zero-order chi connectivity index (χ0) is 15.3. The third kappa shape index (κ3) is 4.41. The van der Waals surface area contributed by atoms with E-state index in [-0.39, 0.29) is 0 Å². The highest BCUT2D eigenvalue weighted by Gasteiger charge is 2.27. The van der Waals surface area contributed by atoms with Gasteiger partial charge in [-0.25, -0.2) is 4.79 Å². The quantitative estimate of drug-likeness (QED) is 0.494. The summed E-state index contributed by atoms with van der Waals surface area (Å²) in [5.74, 6) is -1.99. The number of carboxylic acids is 1. The summed E-state index contributed by atoms with van der Waals surface area (Å²) < 4.78 is 40.7. The third-order valence-corrected chi connectivity index (χ3v) is 2.27. The number of ether oxygens (including phenoxy) is 1. The van der Waals surface area contributed by atoms with Crippen molar-refractivity contribution < 1.29 is 32.7 Å². The normalized spacial score (nSPS) is 11.2. The average Bonchev–Trinajstić information content (AvgIpc) is 2.32. The molecule has 1 aromatic rings. The monoisotopic (exact) mass is 293 g/mol. The van der Waals surface area contributed by atoms with Gasteiger partial charge in [0.25, 0.3) is 0 Å². The number of halogens is 3. The lowest BCUT2D eigenvalue weighted by molar-refractivity contribution is -0.385. The predicted octanol–water partition coefficient (Wildman–Crippen LogP) is 3.01. The van der Waals surface area contributed by atoms with Crippen molar-refractivity contribution in [2.24, 2.45) is 0 Å². The Morgan fingerprint density at radius 2 is 2.05 bits per heavy atom. The maximum atomic E-state index is 11.9. The van der Waals surface area contributed by atoms with Gasteiger partial charge in [0.1, 0.15) is 5.56 Å². The number of nitro groups is 1. The first-order chi connectivity index (χ1) is 9.22. The summed E-state index contributed by atoms with van der Waals surface area (Å²) in [5.41, 5.74) is -1.07. The molecular weight excluding hydrogens is 283 g/mol. The standard InChI is InChI=1S/C11H10F3NO5/c12-11(13,14)5-2-6-20-9-7(10(16)17)3-1-4-8(9)15(18)19/h1,3-4H,2,5-6H2,(H,16,17). The summed E-state index contributed by atoms with van der Waals surface area (Å²) in [5, 5.41) is 19.6. The minimum absolute atomic E-state index is 0.422. The Labute approximate surface area is 110 Å². The number of para-hydroxylation sites is 1. The molecule has 0 aromatic heterocycles. The van der Waals surface area contributed by atoms with Crippen molar-refractivity contribution in [2.75, 3.05) is 6.61 Å². The Bertz CT molecular complexity index is 483. The molecule has 6 nitrogen and oxygen atoms in total. The van der Waals surface area contributed by atoms with Gasteiger partial charge >= 0.3 is 17.8 Å². The molecule has 0 aliphatic rings. The van der Waals surface area contributed by atoms with Crippen molar-refractivity contribution in [2.45, 2.75) is 19.0 Å². The van der Waals surface area contributed by atoms with Crippen LogP contribution in [0, 0.1) is 10.1 Å². The third-order valence-electron chi connectivity index (χ3n) is 2.27. The topological polar surface area (TPSA) is 89.7 Å². The summed E-state index contributed by atoms with van der Waals surface area (Å²) >= 11 is 0. The van der Waals surface area contributed by atoms with E-state index >= 15 is 0 Å².